The number of aromatic nitrogens is 6. The Balaban J connectivity index is 0.00000272. The van der Waals surface area contributed by atoms with Gasteiger partial charge in [0.2, 0.25) is 5.91 Å². The molecule has 0 unspecified atom stereocenters. The molecule has 4 aromatic rings. The molecule has 4 N–H and O–H groups in total. The summed E-state index contributed by atoms with van der Waals surface area (Å²) in [5.41, 5.74) is 7.05. The van der Waals surface area contributed by atoms with Crippen LogP contribution in [0.25, 0.3) is 27.9 Å². The van der Waals surface area contributed by atoms with E-state index in [1.807, 2.05) is 38.5 Å². The zero-order chi connectivity index (χ0) is 21.5. The van der Waals surface area contributed by atoms with Crippen molar-refractivity contribution in [2.24, 2.45) is 12.8 Å². The Morgan fingerprint density at radius 3 is 2.74 bits per heavy atom. The molecule has 31 heavy (non-hydrogen) atoms. The summed E-state index contributed by atoms with van der Waals surface area (Å²) >= 11 is 3.54. The number of carbonyl (C=O) groups excluding carboxylic acids is 1. The molecule has 0 aliphatic carbocycles. The normalized spacial score (nSPS) is 13.2. The van der Waals surface area contributed by atoms with Crippen molar-refractivity contribution in [1.29, 1.82) is 0 Å². The van der Waals surface area contributed by atoms with Crippen LogP contribution in [0.15, 0.2) is 35.1 Å². The Bertz CT molecular complexity index is 1250. The molecule has 1 atom stereocenters. The number of nitrogens with two attached hydrogens (primary N) is 1. The molecule has 0 spiro atoms. The highest BCUT2D eigenvalue weighted by Gasteiger charge is 2.36. The van der Waals surface area contributed by atoms with Crippen LogP contribution < -0.4 is 16.4 Å². The number of fused-ring (bicyclic) bond motifs is 3. The van der Waals surface area contributed by atoms with E-state index in [0.717, 1.165) is 15.4 Å². The number of rotatable bonds is 6. The molecule has 12 heteroatoms. The van der Waals surface area contributed by atoms with Gasteiger partial charge < -0.3 is 16.4 Å². The van der Waals surface area contributed by atoms with Gasteiger partial charge in [0.25, 0.3) is 0 Å². The van der Waals surface area contributed by atoms with Gasteiger partial charge in [-0.3, -0.25) is 9.48 Å². The van der Waals surface area contributed by atoms with Crippen molar-refractivity contribution in [1.82, 2.24) is 40.0 Å². The van der Waals surface area contributed by atoms with Crippen molar-refractivity contribution in [3.8, 4) is 11.4 Å². The van der Waals surface area contributed by atoms with Crippen LogP contribution in [0.5, 0.6) is 0 Å². The lowest BCUT2D eigenvalue weighted by Crippen LogP contribution is -2.51. The number of amides is 1. The van der Waals surface area contributed by atoms with Crippen molar-refractivity contribution < 1.29 is 4.79 Å². The molecule has 1 amide bonds. The van der Waals surface area contributed by atoms with Crippen molar-refractivity contribution in [2.45, 2.75) is 12.5 Å². The first-order valence-corrected chi connectivity index (χ1v) is 10.2. The molecular weight excluding hydrogens is 486 g/mol. The second kappa shape index (κ2) is 8.87. The number of carbonyl (C=O) groups is 1. The van der Waals surface area contributed by atoms with E-state index in [2.05, 4.69) is 36.8 Å². The van der Waals surface area contributed by atoms with Crippen LogP contribution in [0.4, 0.5) is 0 Å². The van der Waals surface area contributed by atoms with Gasteiger partial charge in [0.15, 0.2) is 22.8 Å². The van der Waals surface area contributed by atoms with Crippen LogP contribution in [0, 0.1) is 0 Å². The molecule has 0 fully saturated rings. The monoisotopic (exact) mass is 507 g/mol. The molecule has 0 bridgehead atoms. The minimum atomic E-state index is -1.44. The Hall–Kier alpha value is -2.60. The number of likely N-dealkylation sites (N-methyl/N-ethyl adjacent to an activating group) is 1. The number of nitrogens with zero attached hydrogens (tertiary/aromatic N) is 6. The fourth-order valence-corrected chi connectivity index (χ4v) is 3.63. The predicted octanol–water partition coefficient (Wildman–Crippen LogP) is 1.37. The van der Waals surface area contributed by atoms with E-state index < -0.39 is 5.54 Å². The van der Waals surface area contributed by atoms with Gasteiger partial charge in [-0.2, -0.15) is 9.61 Å². The van der Waals surface area contributed by atoms with Crippen molar-refractivity contribution in [2.75, 3.05) is 20.1 Å². The summed E-state index contributed by atoms with van der Waals surface area (Å²) in [6.07, 6.45) is 3.51. The lowest BCUT2D eigenvalue weighted by Gasteiger charge is -2.24. The second-order valence-electron chi connectivity index (χ2n) is 7.21. The SMILES string of the molecule is CNCCNC(=O)[C@@](C)(N)c1nc2c(Br)cccc2c2nc(-c3cnn(C)c3)nn12.Cl. The van der Waals surface area contributed by atoms with Crippen molar-refractivity contribution in [3.05, 3.63) is 40.9 Å². The van der Waals surface area contributed by atoms with Gasteiger partial charge in [-0.25, -0.2) is 9.97 Å². The number of hydrogen-bond donors (Lipinski definition) is 3. The molecule has 0 radical (unpaired) electrons. The minimum absolute atomic E-state index is 0. The molecule has 1 aromatic carbocycles. The molecule has 0 aliphatic rings. The second-order valence-corrected chi connectivity index (χ2v) is 8.06. The average Bonchev–Trinajstić information content (AvgIpc) is 3.34. The third-order valence-electron chi connectivity index (χ3n) is 4.81. The highest BCUT2D eigenvalue weighted by molar-refractivity contribution is 9.10. The van der Waals surface area contributed by atoms with Crippen molar-refractivity contribution in [3.63, 3.8) is 0 Å². The van der Waals surface area contributed by atoms with Crippen LogP contribution in [0.3, 0.4) is 0 Å². The van der Waals surface area contributed by atoms with Crippen LogP contribution in [-0.4, -0.2) is 55.4 Å². The van der Waals surface area contributed by atoms with E-state index in [1.165, 1.54) is 0 Å². The highest BCUT2D eigenvalue weighted by Crippen LogP contribution is 2.29. The fraction of sp³-hybridized carbons (Fsp3) is 0.316. The van der Waals surface area contributed by atoms with E-state index in [1.54, 1.807) is 22.3 Å². The van der Waals surface area contributed by atoms with Gasteiger partial charge in [-0.05, 0) is 42.0 Å². The maximum Gasteiger partial charge on any atom is 0.247 e. The first-order valence-electron chi connectivity index (χ1n) is 9.39. The minimum Gasteiger partial charge on any atom is -0.353 e. The van der Waals surface area contributed by atoms with E-state index >= 15 is 0 Å². The molecule has 10 nitrogen and oxygen atoms in total. The zero-order valence-corrected chi connectivity index (χ0v) is 19.7. The topological polar surface area (TPSA) is 128 Å². The maximum atomic E-state index is 12.9. The number of hydrogen-bond acceptors (Lipinski definition) is 7. The zero-order valence-electron chi connectivity index (χ0n) is 17.3. The summed E-state index contributed by atoms with van der Waals surface area (Å²) in [5.74, 6) is 0.419. The van der Waals surface area contributed by atoms with Gasteiger partial charge in [0.05, 0.1) is 17.3 Å². The number of halogens is 2. The third kappa shape index (κ3) is 4.13. The van der Waals surface area contributed by atoms with E-state index in [9.17, 15) is 4.79 Å². The highest BCUT2D eigenvalue weighted by atomic mass is 79.9. The smallest absolute Gasteiger partial charge is 0.247 e. The molecule has 3 aromatic heterocycles. The molecule has 0 saturated heterocycles. The molecule has 3 heterocycles. The largest absolute Gasteiger partial charge is 0.353 e. The van der Waals surface area contributed by atoms with Crippen LogP contribution in [0.2, 0.25) is 0 Å². The summed E-state index contributed by atoms with van der Waals surface area (Å²) < 4.78 is 4.01. The molecule has 164 valence electrons. The van der Waals surface area contributed by atoms with Gasteiger partial charge in [0.1, 0.15) is 0 Å². The summed E-state index contributed by atoms with van der Waals surface area (Å²) in [5, 5.41) is 15.4. The number of para-hydroxylation sites is 1. The fourth-order valence-electron chi connectivity index (χ4n) is 3.18. The quantitative estimate of drug-likeness (QED) is 0.336. The lowest BCUT2D eigenvalue weighted by molar-refractivity contribution is -0.126. The molecule has 0 aliphatic heterocycles. The number of aryl methyl sites for hydroxylation is 1. The lowest BCUT2D eigenvalue weighted by atomic mass is 10.0. The number of nitrogens with one attached hydrogen (secondary N) is 2. The van der Waals surface area contributed by atoms with E-state index in [-0.39, 0.29) is 18.3 Å². The van der Waals surface area contributed by atoms with Gasteiger partial charge in [-0.15, -0.1) is 17.5 Å². The Morgan fingerprint density at radius 2 is 2.06 bits per heavy atom. The average molecular weight is 509 g/mol. The summed E-state index contributed by atoms with van der Waals surface area (Å²) in [6.45, 7) is 2.70. The van der Waals surface area contributed by atoms with Crippen LogP contribution in [-0.2, 0) is 17.4 Å². The van der Waals surface area contributed by atoms with Gasteiger partial charge in [-0.1, -0.05) is 6.07 Å². The van der Waals surface area contributed by atoms with E-state index in [0.29, 0.717) is 35.9 Å². The summed E-state index contributed by atoms with van der Waals surface area (Å²) in [4.78, 5) is 22.3. The van der Waals surface area contributed by atoms with Gasteiger partial charge >= 0.3 is 0 Å². The van der Waals surface area contributed by atoms with Crippen molar-refractivity contribution >= 4 is 50.8 Å². The molecular formula is C19H23BrClN9O. The Labute approximate surface area is 193 Å². The van der Waals surface area contributed by atoms with Crippen LogP contribution >= 0.6 is 28.3 Å². The standard InChI is InChI=1S/C19H22BrN9O.ClH/c1-19(21,18(30)23-8-7-22-2)17-25-14-12(5-4-6-13(14)20)16-26-15(27-29(16)17)11-9-24-28(3)10-11;/h4-6,9-10,22H,7-8,21H2,1-3H3,(H,23,30);1H/t19-;/m0./s1. The molecule has 0 saturated carbocycles. The maximum absolute atomic E-state index is 12.9. The van der Waals surface area contributed by atoms with Crippen LogP contribution in [0.1, 0.15) is 12.7 Å². The molecule has 4 rings (SSSR count). The summed E-state index contributed by atoms with van der Waals surface area (Å²) in [6, 6.07) is 5.70. The third-order valence-corrected chi connectivity index (χ3v) is 5.45. The Kier molecular flexibility index (Phi) is 6.60. The Morgan fingerprint density at radius 1 is 1.29 bits per heavy atom. The van der Waals surface area contributed by atoms with E-state index in [4.69, 9.17) is 15.7 Å². The first-order chi connectivity index (χ1) is 14.3. The predicted molar refractivity (Wildman–Crippen MR) is 124 cm³/mol. The van der Waals surface area contributed by atoms with Gasteiger partial charge in [0, 0.05) is 36.2 Å². The first kappa shape index (κ1) is 23.1. The number of benzene rings is 1. The summed E-state index contributed by atoms with van der Waals surface area (Å²) in [7, 11) is 3.64.